The van der Waals surface area contributed by atoms with Gasteiger partial charge in [0, 0.05) is 16.1 Å². The lowest BCUT2D eigenvalue weighted by Gasteiger charge is -2.11. The molecule has 0 radical (unpaired) electrons. The molecule has 0 aliphatic carbocycles. The van der Waals surface area contributed by atoms with Crippen molar-refractivity contribution in [2.75, 3.05) is 0 Å². The molecule has 0 saturated heterocycles. The minimum atomic E-state index is -0.519. The Morgan fingerprint density at radius 3 is 2.86 bits per heavy atom. The van der Waals surface area contributed by atoms with E-state index in [2.05, 4.69) is 15.9 Å². The summed E-state index contributed by atoms with van der Waals surface area (Å²) < 4.78 is 0.726. The van der Waals surface area contributed by atoms with E-state index in [-0.39, 0.29) is 17.2 Å². The van der Waals surface area contributed by atoms with Crippen molar-refractivity contribution >= 4 is 27.5 Å². The predicted molar refractivity (Wildman–Crippen MR) is 58.0 cm³/mol. The molecule has 0 spiro atoms. The lowest BCUT2D eigenvalue weighted by Crippen LogP contribution is -2.09. The number of nitriles is 1. The number of benzene rings is 1. The Morgan fingerprint density at radius 2 is 2.29 bits per heavy atom. The molecular weight excluding hydrogens is 267 g/mol. The van der Waals surface area contributed by atoms with E-state index in [1.165, 1.54) is 0 Å². The molecule has 0 aliphatic heterocycles. The molecule has 1 aromatic carbocycles. The van der Waals surface area contributed by atoms with Crippen LogP contribution in [0, 0.1) is 11.3 Å². The van der Waals surface area contributed by atoms with Crippen LogP contribution < -0.4 is 5.73 Å². The third-order valence-electron chi connectivity index (χ3n) is 1.77. The first kappa shape index (κ1) is 11.3. The van der Waals surface area contributed by atoms with Crippen LogP contribution in [0.15, 0.2) is 16.6 Å². The minimum absolute atomic E-state index is 0.0578. The van der Waals surface area contributed by atoms with Crippen LogP contribution in [0.1, 0.15) is 18.0 Å². The van der Waals surface area contributed by atoms with Crippen molar-refractivity contribution in [1.82, 2.24) is 0 Å². The highest BCUT2D eigenvalue weighted by molar-refractivity contribution is 9.10. The Balaban J connectivity index is 3.14. The van der Waals surface area contributed by atoms with Gasteiger partial charge >= 0.3 is 0 Å². The first-order valence-electron chi connectivity index (χ1n) is 3.86. The normalized spacial score (nSPS) is 12.1. The van der Waals surface area contributed by atoms with Crippen LogP contribution in [0.25, 0.3) is 0 Å². The maximum Gasteiger partial charge on any atom is 0.139 e. The van der Waals surface area contributed by atoms with Gasteiger partial charge in [0.15, 0.2) is 0 Å². The quantitative estimate of drug-likeness (QED) is 0.872. The summed E-state index contributed by atoms with van der Waals surface area (Å²) in [5, 5.41) is 18.3. The summed E-state index contributed by atoms with van der Waals surface area (Å²) in [7, 11) is 0. The highest BCUT2D eigenvalue weighted by Gasteiger charge is 2.14. The van der Waals surface area contributed by atoms with Crippen LogP contribution in [0.3, 0.4) is 0 Å². The number of phenols is 1. The Labute approximate surface area is 95.2 Å². The van der Waals surface area contributed by atoms with Gasteiger partial charge in [-0.2, -0.15) is 5.26 Å². The Bertz CT molecular complexity index is 389. The third kappa shape index (κ3) is 2.38. The number of halogens is 2. The number of rotatable bonds is 2. The average Bonchev–Trinajstić information content (AvgIpc) is 2.11. The largest absolute Gasteiger partial charge is 0.506 e. The maximum absolute atomic E-state index is 9.58. The van der Waals surface area contributed by atoms with Gasteiger partial charge in [0.2, 0.25) is 0 Å². The highest BCUT2D eigenvalue weighted by atomic mass is 79.9. The van der Waals surface area contributed by atoms with Gasteiger partial charge in [-0.25, -0.2) is 0 Å². The number of hydrogen-bond donors (Lipinski definition) is 2. The molecule has 74 valence electrons. The summed E-state index contributed by atoms with van der Waals surface area (Å²) in [6, 6.07) is 4.64. The van der Waals surface area contributed by atoms with E-state index >= 15 is 0 Å². The van der Waals surface area contributed by atoms with Gasteiger partial charge in [-0.1, -0.05) is 27.5 Å². The minimum Gasteiger partial charge on any atom is -0.506 e. The number of nitrogens with zero attached hydrogens (tertiary/aromatic N) is 1. The van der Waals surface area contributed by atoms with Crippen LogP contribution in [0.2, 0.25) is 5.02 Å². The third-order valence-corrected chi connectivity index (χ3v) is 2.51. The number of nitrogens with two attached hydrogens (primary N) is 1. The molecule has 0 amide bonds. The van der Waals surface area contributed by atoms with E-state index in [4.69, 9.17) is 22.6 Å². The van der Waals surface area contributed by atoms with Gasteiger partial charge in [0.05, 0.1) is 17.5 Å². The second-order valence-electron chi connectivity index (χ2n) is 2.79. The van der Waals surface area contributed by atoms with E-state index < -0.39 is 6.04 Å². The summed E-state index contributed by atoms with van der Waals surface area (Å²) >= 11 is 8.98. The van der Waals surface area contributed by atoms with Gasteiger partial charge in [0.1, 0.15) is 5.75 Å². The summed E-state index contributed by atoms with van der Waals surface area (Å²) in [5.41, 5.74) is 6.16. The van der Waals surface area contributed by atoms with Crippen LogP contribution in [-0.4, -0.2) is 5.11 Å². The van der Waals surface area contributed by atoms with E-state index in [1.807, 2.05) is 6.07 Å². The summed E-state index contributed by atoms with van der Waals surface area (Å²) in [6.45, 7) is 0. The zero-order chi connectivity index (χ0) is 10.7. The van der Waals surface area contributed by atoms with E-state index in [0.717, 1.165) is 4.47 Å². The van der Waals surface area contributed by atoms with Gasteiger partial charge in [-0.3, -0.25) is 0 Å². The predicted octanol–water partition coefficient (Wildman–Crippen LogP) is 2.72. The van der Waals surface area contributed by atoms with E-state index in [9.17, 15) is 5.11 Å². The van der Waals surface area contributed by atoms with Crippen molar-refractivity contribution in [2.45, 2.75) is 12.5 Å². The second-order valence-corrected chi connectivity index (χ2v) is 4.12. The van der Waals surface area contributed by atoms with Crippen molar-refractivity contribution in [2.24, 2.45) is 5.73 Å². The molecule has 1 rings (SSSR count). The molecule has 0 heterocycles. The highest BCUT2D eigenvalue weighted by Crippen LogP contribution is 2.34. The van der Waals surface area contributed by atoms with Crippen LogP contribution in [0.5, 0.6) is 5.75 Å². The average molecular weight is 276 g/mol. The molecule has 5 heteroatoms. The molecular formula is C9H8BrClN2O. The van der Waals surface area contributed by atoms with Crippen molar-refractivity contribution in [3.63, 3.8) is 0 Å². The van der Waals surface area contributed by atoms with Gasteiger partial charge < -0.3 is 10.8 Å². The standard InChI is InChI=1S/C9H8BrClN2O/c10-5-3-6(8(13)1-2-12)9(14)7(11)4-5/h3-4,8,14H,1,13H2. The van der Waals surface area contributed by atoms with E-state index in [0.29, 0.717) is 5.56 Å². The van der Waals surface area contributed by atoms with E-state index in [1.54, 1.807) is 12.1 Å². The molecule has 1 aromatic rings. The van der Waals surface area contributed by atoms with Crippen LogP contribution in [-0.2, 0) is 0 Å². The molecule has 0 fully saturated rings. The topological polar surface area (TPSA) is 70.0 Å². The van der Waals surface area contributed by atoms with Crippen LogP contribution >= 0.6 is 27.5 Å². The molecule has 3 nitrogen and oxygen atoms in total. The lowest BCUT2D eigenvalue weighted by molar-refractivity contribution is 0.462. The number of phenolic OH excluding ortho intramolecular Hbond substituents is 1. The molecule has 0 aromatic heterocycles. The zero-order valence-electron chi connectivity index (χ0n) is 7.17. The fraction of sp³-hybridized carbons (Fsp3) is 0.222. The first-order chi connectivity index (χ1) is 6.56. The summed E-state index contributed by atoms with van der Waals surface area (Å²) in [6.07, 6.45) is 0.139. The molecule has 1 unspecified atom stereocenters. The van der Waals surface area contributed by atoms with Crippen molar-refractivity contribution < 1.29 is 5.11 Å². The zero-order valence-corrected chi connectivity index (χ0v) is 9.51. The SMILES string of the molecule is N#CCC(N)c1cc(Br)cc(Cl)c1O. The maximum atomic E-state index is 9.58. The lowest BCUT2D eigenvalue weighted by atomic mass is 10.0. The Hall–Kier alpha value is -0.760. The second kappa shape index (κ2) is 4.65. The Morgan fingerprint density at radius 1 is 1.64 bits per heavy atom. The molecule has 0 saturated carbocycles. The summed E-state index contributed by atoms with van der Waals surface area (Å²) in [4.78, 5) is 0. The molecule has 1 atom stereocenters. The summed E-state index contributed by atoms with van der Waals surface area (Å²) in [5.74, 6) is -0.0578. The fourth-order valence-electron chi connectivity index (χ4n) is 1.08. The monoisotopic (exact) mass is 274 g/mol. The van der Waals surface area contributed by atoms with Gasteiger partial charge in [-0.05, 0) is 12.1 Å². The molecule has 0 bridgehead atoms. The number of aromatic hydroxyl groups is 1. The van der Waals surface area contributed by atoms with Crippen LogP contribution in [0.4, 0.5) is 0 Å². The van der Waals surface area contributed by atoms with Gasteiger partial charge in [0.25, 0.3) is 0 Å². The molecule has 3 N–H and O–H groups in total. The van der Waals surface area contributed by atoms with Crippen molar-refractivity contribution in [3.8, 4) is 11.8 Å². The van der Waals surface area contributed by atoms with Gasteiger partial charge in [-0.15, -0.1) is 0 Å². The molecule has 0 aliphatic rings. The Kier molecular flexibility index (Phi) is 3.76. The smallest absolute Gasteiger partial charge is 0.139 e. The van der Waals surface area contributed by atoms with Crippen molar-refractivity contribution in [3.05, 3.63) is 27.2 Å². The number of hydrogen-bond acceptors (Lipinski definition) is 3. The van der Waals surface area contributed by atoms with Crippen molar-refractivity contribution in [1.29, 1.82) is 5.26 Å². The first-order valence-corrected chi connectivity index (χ1v) is 5.03. The fourth-order valence-corrected chi connectivity index (χ4v) is 1.91. The molecule has 14 heavy (non-hydrogen) atoms.